The topological polar surface area (TPSA) is 12.0 Å². The van der Waals surface area contributed by atoms with E-state index in [0.29, 0.717) is 23.0 Å². The second kappa shape index (κ2) is 6.87. The minimum Gasteiger partial charge on any atom is -0.305 e. The third kappa shape index (κ3) is 3.59. The summed E-state index contributed by atoms with van der Waals surface area (Å²) in [6, 6.07) is 15.1. The lowest BCUT2D eigenvalue weighted by Gasteiger charge is -2.23. The third-order valence-electron chi connectivity index (χ3n) is 3.39. The number of hydrogen-bond donors (Lipinski definition) is 1. The van der Waals surface area contributed by atoms with Crippen LogP contribution in [0.15, 0.2) is 48.5 Å². The number of benzene rings is 2. The maximum absolute atomic E-state index is 13.8. The first-order valence-electron chi connectivity index (χ1n) is 6.81. The van der Waals surface area contributed by atoms with Gasteiger partial charge in [-0.05, 0) is 23.6 Å². The maximum Gasteiger partial charge on any atom is 0.129 e. The highest BCUT2D eigenvalue weighted by atomic mass is 35.5. The molecule has 0 amide bonds. The van der Waals surface area contributed by atoms with Crippen LogP contribution in [-0.4, -0.2) is 0 Å². The van der Waals surface area contributed by atoms with Gasteiger partial charge in [0.15, 0.2) is 0 Å². The molecule has 0 bridgehead atoms. The SMILES string of the molecule is CC(C)C(NCc1c(F)cccc1Cl)c1ccccc1. The van der Waals surface area contributed by atoms with E-state index in [1.807, 2.05) is 18.2 Å². The van der Waals surface area contributed by atoms with Crippen molar-refractivity contribution >= 4 is 11.6 Å². The Bertz CT molecular complexity index is 534. The van der Waals surface area contributed by atoms with Crippen molar-refractivity contribution in [1.29, 1.82) is 0 Å². The Kier molecular flexibility index (Phi) is 5.16. The predicted octanol–water partition coefficient (Wildman–Crippen LogP) is 4.97. The Labute approximate surface area is 124 Å². The van der Waals surface area contributed by atoms with E-state index in [9.17, 15) is 4.39 Å². The van der Waals surface area contributed by atoms with Crippen LogP contribution in [0.1, 0.15) is 31.0 Å². The van der Waals surface area contributed by atoms with Gasteiger partial charge in [-0.1, -0.05) is 61.8 Å². The largest absolute Gasteiger partial charge is 0.305 e. The molecule has 0 aliphatic rings. The molecular weight excluding hydrogens is 273 g/mol. The Morgan fingerprint density at radius 3 is 2.35 bits per heavy atom. The Balaban J connectivity index is 2.15. The molecule has 0 aliphatic heterocycles. The fourth-order valence-corrected chi connectivity index (χ4v) is 2.54. The van der Waals surface area contributed by atoms with Crippen molar-refractivity contribution in [2.45, 2.75) is 26.4 Å². The number of nitrogens with one attached hydrogen (secondary N) is 1. The minimum absolute atomic E-state index is 0.173. The summed E-state index contributed by atoms with van der Waals surface area (Å²) >= 11 is 6.06. The molecule has 0 saturated carbocycles. The minimum atomic E-state index is -0.263. The summed E-state index contributed by atoms with van der Waals surface area (Å²) in [5.41, 5.74) is 1.73. The van der Waals surface area contributed by atoms with Gasteiger partial charge in [0.2, 0.25) is 0 Å². The third-order valence-corrected chi connectivity index (χ3v) is 3.74. The quantitative estimate of drug-likeness (QED) is 0.820. The second-order valence-corrected chi connectivity index (χ2v) is 5.62. The fourth-order valence-electron chi connectivity index (χ4n) is 2.31. The van der Waals surface area contributed by atoms with Gasteiger partial charge in [-0.25, -0.2) is 4.39 Å². The van der Waals surface area contributed by atoms with Crippen LogP contribution in [0, 0.1) is 11.7 Å². The zero-order chi connectivity index (χ0) is 14.5. The molecular formula is C17H19ClFN. The highest BCUT2D eigenvalue weighted by Crippen LogP contribution is 2.24. The van der Waals surface area contributed by atoms with Crippen LogP contribution in [-0.2, 0) is 6.54 Å². The van der Waals surface area contributed by atoms with Gasteiger partial charge in [0, 0.05) is 23.2 Å². The molecule has 0 spiro atoms. The van der Waals surface area contributed by atoms with Crippen molar-refractivity contribution in [2.75, 3.05) is 0 Å². The Morgan fingerprint density at radius 1 is 1.05 bits per heavy atom. The van der Waals surface area contributed by atoms with Crippen LogP contribution in [0.5, 0.6) is 0 Å². The average Bonchev–Trinajstić information content (AvgIpc) is 2.43. The molecule has 2 rings (SSSR count). The van der Waals surface area contributed by atoms with Crippen LogP contribution in [0.4, 0.5) is 4.39 Å². The summed E-state index contributed by atoms with van der Waals surface area (Å²) in [5, 5.41) is 3.87. The van der Waals surface area contributed by atoms with Gasteiger partial charge in [-0.2, -0.15) is 0 Å². The summed E-state index contributed by atoms with van der Waals surface area (Å²) in [6.45, 7) is 4.71. The summed E-state index contributed by atoms with van der Waals surface area (Å²) in [4.78, 5) is 0. The van der Waals surface area contributed by atoms with Crippen LogP contribution < -0.4 is 5.32 Å². The van der Waals surface area contributed by atoms with Gasteiger partial charge in [0.05, 0.1) is 0 Å². The van der Waals surface area contributed by atoms with Crippen molar-refractivity contribution in [3.8, 4) is 0 Å². The van der Waals surface area contributed by atoms with Gasteiger partial charge in [0.25, 0.3) is 0 Å². The summed E-state index contributed by atoms with van der Waals surface area (Å²) in [5.74, 6) is 0.142. The molecule has 1 atom stereocenters. The zero-order valence-electron chi connectivity index (χ0n) is 11.7. The number of halogens is 2. The van der Waals surface area contributed by atoms with Crippen LogP contribution >= 0.6 is 11.6 Å². The molecule has 106 valence electrons. The molecule has 0 radical (unpaired) electrons. The van der Waals surface area contributed by atoms with E-state index in [4.69, 9.17) is 11.6 Å². The number of hydrogen-bond acceptors (Lipinski definition) is 1. The summed E-state index contributed by atoms with van der Waals surface area (Å²) < 4.78 is 13.8. The van der Waals surface area contributed by atoms with Gasteiger partial charge >= 0.3 is 0 Å². The first kappa shape index (κ1) is 15.0. The highest BCUT2D eigenvalue weighted by molar-refractivity contribution is 6.31. The lowest BCUT2D eigenvalue weighted by Crippen LogP contribution is -2.25. The summed E-state index contributed by atoms with van der Waals surface area (Å²) in [7, 11) is 0. The Morgan fingerprint density at radius 2 is 1.75 bits per heavy atom. The number of rotatable bonds is 5. The standard InChI is InChI=1S/C17H19ClFN/c1-12(2)17(13-7-4-3-5-8-13)20-11-14-15(18)9-6-10-16(14)19/h3-10,12,17,20H,11H2,1-2H3. The van der Waals surface area contributed by atoms with Crippen LogP contribution in [0.25, 0.3) is 0 Å². The maximum atomic E-state index is 13.8. The molecule has 0 aliphatic carbocycles. The fraction of sp³-hybridized carbons (Fsp3) is 0.294. The van der Waals surface area contributed by atoms with E-state index in [1.54, 1.807) is 12.1 Å². The van der Waals surface area contributed by atoms with E-state index < -0.39 is 0 Å². The molecule has 2 aromatic rings. The van der Waals surface area contributed by atoms with Gasteiger partial charge in [-0.15, -0.1) is 0 Å². The second-order valence-electron chi connectivity index (χ2n) is 5.21. The average molecular weight is 292 g/mol. The molecule has 0 aromatic heterocycles. The molecule has 1 N–H and O–H groups in total. The van der Waals surface area contributed by atoms with Crippen molar-refractivity contribution in [3.63, 3.8) is 0 Å². The molecule has 1 nitrogen and oxygen atoms in total. The van der Waals surface area contributed by atoms with Crippen molar-refractivity contribution in [3.05, 3.63) is 70.5 Å². The van der Waals surface area contributed by atoms with E-state index in [0.717, 1.165) is 0 Å². The van der Waals surface area contributed by atoms with Gasteiger partial charge in [0.1, 0.15) is 5.82 Å². The normalized spacial score (nSPS) is 12.7. The molecule has 0 saturated heterocycles. The summed E-state index contributed by atoms with van der Waals surface area (Å²) in [6.07, 6.45) is 0. The molecule has 2 aromatic carbocycles. The molecule has 1 unspecified atom stereocenters. The highest BCUT2D eigenvalue weighted by Gasteiger charge is 2.16. The van der Waals surface area contributed by atoms with Gasteiger partial charge < -0.3 is 5.32 Å². The predicted molar refractivity (Wildman–Crippen MR) is 82.3 cm³/mol. The Hall–Kier alpha value is -1.38. The molecule has 0 heterocycles. The van der Waals surface area contributed by atoms with Crippen LogP contribution in [0.2, 0.25) is 5.02 Å². The molecule has 20 heavy (non-hydrogen) atoms. The zero-order valence-corrected chi connectivity index (χ0v) is 12.5. The van der Waals surface area contributed by atoms with Crippen molar-refractivity contribution in [2.24, 2.45) is 5.92 Å². The van der Waals surface area contributed by atoms with Gasteiger partial charge in [-0.3, -0.25) is 0 Å². The van der Waals surface area contributed by atoms with Crippen molar-refractivity contribution in [1.82, 2.24) is 5.32 Å². The molecule has 0 fully saturated rings. The first-order chi connectivity index (χ1) is 9.59. The first-order valence-corrected chi connectivity index (χ1v) is 7.18. The monoisotopic (exact) mass is 291 g/mol. The lowest BCUT2D eigenvalue weighted by atomic mass is 9.96. The van der Waals surface area contributed by atoms with E-state index in [1.165, 1.54) is 11.6 Å². The lowest BCUT2D eigenvalue weighted by molar-refractivity contribution is 0.406. The van der Waals surface area contributed by atoms with E-state index in [-0.39, 0.29) is 11.9 Å². The molecule has 3 heteroatoms. The van der Waals surface area contributed by atoms with E-state index >= 15 is 0 Å². The van der Waals surface area contributed by atoms with E-state index in [2.05, 4.69) is 31.3 Å². The smallest absolute Gasteiger partial charge is 0.129 e. The van der Waals surface area contributed by atoms with Crippen molar-refractivity contribution < 1.29 is 4.39 Å². The van der Waals surface area contributed by atoms with Crippen LogP contribution in [0.3, 0.4) is 0 Å².